The predicted molar refractivity (Wildman–Crippen MR) is 70.4 cm³/mol. The highest BCUT2D eigenvalue weighted by Crippen LogP contribution is 2.29. The van der Waals surface area contributed by atoms with E-state index in [1.807, 2.05) is 32.1 Å². The van der Waals surface area contributed by atoms with E-state index in [1.54, 1.807) is 6.07 Å². The first kappa shape index (κ1) is 13.6. The first-order valence-corrected chi connectivity index (χ1v) is 6.05. The second kappa shape index (κ2) is 7.74. The van der Waals surface area contributed by atoms with Crippen LogP contribution in [0.4, 0.5) is 0 Å². The molecule has 1 rings (SSSR count). The number of allylic oxidation sites excluding steroid dienone is 1. The van der Waals surface area contributed by atoms with Gasteiger partial charge < -0.3 is 15.2 Å². The van der Waals surface area contributed by atoms with Crippen molar-refractivity contribution < 1.29 is 9.84 Å². The quantitative estimate of drug-likeness (QED) is 0.564. The van der Waals surface area contributed by atoms with E-state index < -0.39 is 0 Å². The van der Waals surface area contributed by atoms with Crippen LogP contribution >= 0.6 is 0 Å². The van der Waals surface area contributed by atoms with Crippen molar-refractivity contribution in [1.29, 1.82) is 0 Å². The van der Waals surface area contributed by atoms with Crippen molar-refractivity contribution in [2.24, 2.45) is 0 Å². The van der Waals surface area contributed by atoms with Gasteiger partial charge in [0.2, 0.25) is 0 Å². The molecule has 94 valence electrons. The molecule has 0 spiro atoms. The highest BCUT2D eigenvalue weighted by molar-refractivity contribution is 5.45. The molecule has 0 aromatic heterocycles. The normalized spacial score (nSPS) is 10.9. The monoisotopic (exact) mass is 235 g/mol. The summed E-state index contributed by atoms with van der Waals surface area (Å²) in [5.74, 6) is 0.799. The van der Waals surface area contributed by atoms with E-state index in [0.717, 1.165) is 18.5 Å². The van der Waals surface area contributed by atoms with Gasteiger partial charge in [-0.3, -0.25) is 0 Å². The van der Waals surface area contributed by atoms with E-state index in [-0.39, 0.29) is 5.75 Å². The molecule has 0 fully saturated rings. The third kappa shape index (κ3) is 4.49. The maximum Gasteiger partial charge on any atom is 0.162 e. The largest absolute Gasteiger partial charge is 0.504 e. The molecule has 0 saturated heterocycles. The van der Waals surface area contributed by atoms with Gasteiger partial charge in [-0.05, 0) is 32.9 Å². The Balaban J connectivity index is 2.50. The minimum Gasteiger partial charge on any atom is -0.504 e. The zero-order valence-corrected chi connectivity index (χ0v) is 10.6. The minimum atomic E-state index is 0.243. The topological polar surface area (TPSA) is 41.5 Å². The molecule has 1 aromatic rings. The predicted octanol–water partition coefficient (Wildman–Crippen LogP) is 2.85. The summed E-state index contributed by atoms with van der Waals surface area (Å²) in [6.45, 7) is 6.04. The molecule has 0 aliphatic heterocycles. The first-order chi connectivity index (χ1) is 8.29. The Bertz CT molecular complexity index is 361. The molecule has 0 saturated carbocycles. The lowest BCUT2D eigenvalue weighted by Crippen LogP contribution is -2.14. The van der Waals surface area contributed by atoms with Crippen LogP contribution < -0.4 is 10.1 Å². The van der Waals surface area contributed by atoms with Crippen LogP contribution in [0.3, 0.4) is 0 Å². The highest BCUT2D eigenvalue weighted by Gasteiger charge is 2.06. The van der Waals surface area contributed by atoms with Crippen molar-refractivity contribution >= 4 is 0 Å². The summed E-state index contributed by atoms with van der Waals surface area (Å²) < 4.78 is 5.33. The van der Waals surface area contributed by atoms with Gasteiger partial charge in [0.15, 0.2) is 11.5 Å². The molecule has 3 nitrogen and oxygen atoms in total. The van der Waals surface area contributed by atoms with E-state index in [9.17, 15) is 5.11 Å². The Labute approximate surface area is 103 Å². The van der Waals surface area contributed by atoms with Crippen molar-refractivity contribution in [3.8, 4) is 11.5 Å². The Kier molecular flexibility index (Phi) is 6.18. The van der Waals surface area contributed by atoms with Crippen LogP contribution in [0.15, 0.2) is 30.4 Å². The number of benzene rings is 1. The van der Waals surface area contributed by atoms with Crippen molar-refractivity contribution in [3.05, 3.63) is 35.9 Å². The Hall–Kier alpha value is -1.48. The minimum absolute atomic E-state index is 0.243. The summed E-state index contributed by atoms with van der Waals surface area (Å²) in [4.78, 5) is 0. The molecular weight excluding hydrogens is 214 g/mol. The molecule has 0 amide bonds. The Morgan fingerprint density at radius 3 is 2.94 bits per heavy atom. The Morgan fingerprint density at radius 2 is 2.24 bits per heavy atom. The molecule has 0 aliphatic carbocycles. The zero-order valence-electron chi connectivity index (χ0n) is 10.6. The fourth-order valence-corrected chi connectivity index (χ4v) is 1.56. The summed E-state index contributed by atoms with van der Waals surface area (Å²) in [5.41, 5.74) is 0.872. The molecule has 0 unspecified atom stereocenters. The lowest BCUT2D eigenvalue weighted by Gasteiger charge is -2.10. The fourth-order valence-electron chi connectivity index (χ4n) is 1.56. The molecule has 0 heterocycles. The van der Waals surface area contributed by atoms with Crippen LogP contribution in [0.5, 0.6) is 11.5 Å². The average molecular weight is 235 g/mol. The first-order valence-electron chi connectivity index (χ1n) is 6.05. The number of ether oxygens (including phenoxy) is 1. The lowest BCUT2D eigenvalue weighted by atomic mass is 10.2. The van der Waals surface area contributed by atoms with Gasteiger partial charge in [-0.2, -0.15) is 0 Å². The van der Waals surface area contributed by atoms with Gasteiger partial charge in [-0.25, -0.2) is 0 Å². The van der Waals surface area contributed by atoms with Crippen LogP contribution in [0, 0.1) is 0 Å². The molecule has 0 aliphatic rings. The van der Waals surface area contributed by atoms with Gasteiger partial charge in [0.1, 0.15) is 0 Å². The van der Waals surface area contributed by atoms with Crippen LogP contribution in [-0.4, -0.2) is 18.3 Å². The maximum absolute atomic E-state index is 9.94. The van der Waals surface area contributed by atoms with E-state index in [1.165, 1.54) is 0 Å². The number of nitrogens with one attached hydrogen (secondary N) is 1. The number of rotatable bonds is 7. The summed E-state index contributed by atoms with van der Waals surface area (Å²) in [6.07, 6.45) is 5.15. The summed E-state index contributed by atoms with van der Waals surface area (Å²) in [7, 11) is 0. The second-order valence-corrected chi connectivity index (χ2v) is 3.73. The molecule has 17 heavy (non-hydrogen) atoms. The molecule has 0 atom stereocenters. The summed E-state index contributed by atoms with van der Waals surface area (Å²) >= 11 is 0. The van der Waals surface area contributed by atoms with E-state index >= 15 is 0 Å². The van der Waals surface area contributed by atoms with Crippen molar-refractivity contribution in [2.75, 3.05) is 13.2 Å². The average Bonchev–Trinajstić information content (AvgIpc) is 2.33. The number of hydrogen-bond acceptors (Lipinski definition) is 3. The molecule has 0 bridgehead atoms. The SMILES string of the molecule is C/C=C/CCNCc1cccc(OCC)c1O. The van der Waals surface area contributed by atoms with Crippen LogP contribution in [-0.2, 0) is 6.54 Å². The number of aromatic hydroxyl groups is 1. The fraction of sp³-hybridized carbons (Fsp3) is 0.429. The maximum atomic E-state index is 9.94. The van der Waals surface area contributed by atoms with Crippen LogP contribution in [0.25, 0.3) is 0 Å². The number of hydrogen-bond donors (Lipinski definition) is 2. The van der Waals surface area contributed by atoms with Crippen LogP contribution in [0.2, 0.25) is 0 Å². The van der Waals surface area contributed by atoms with E-state index in [0.29, 0.717) is 18.9 Å². The third-order valence-electron chi connectivity index (χ3n) is 2.42. The van der Waals surface area contributed by atoms with Gasteiger partial charge in [-0.1, -0.05) is 24.3 Å². The van der Waals surface area contributed by atoms with Crippen molar-refractivity contribution in [1.82, 2.24) is 5.32 Å². The zero-order chi connectivity index (χ0) is 12.5. The van der Waals surface area contributed by atoms with Crippen LogP contribution in [0.1, 0.15) is 25.8 Å². The van der Waals surface area contributed by atoms with Gasteiger partial charge in [0.05, 0.1) is 6.61 Å². The molecule has 1 aromatic carbocycles. The van der Waals surface area contributed by atoms with Gasteiger partial charge in [0.25, 0.3) is 0 Å². The number of para-hydroxylation sites is 1. The van der Waals surface area contributed by atoms with Gasteiger partial charge in [0, 0.05) is 12.1 Å². The standard InChI is InChI=1S/C14H21NO2/c1-3-5-6-10-15-11-12-8-7-9-13(14(12)16)17-4-2/h3,5,7-9,15-16H,4,6,10-11H2,1-2H3/b5-3+. The van der Waals surface area contributed by atoms with Gasteiger partial charge in [-0.15, -0.1) is 0 Å². The molecular formula is C14H21NO2. The van der Waals surface area contributed by atoms with E-state index in [2.05, 4.69) is 11.4 Å². The van der Waals surface area contributed by atoms with Crippen molar-refractivity contribution in [2.45, 2.75) is 26.8 Å². The highest BCUT2D eigenvalue weighted by atomic mass is 16.5. The van der Waals surface area contributed by atoms with Crippen molar-refractivity contribution in [3.63, 3.8) is 0 Å². The Morgan fingerprint density at radius 1 is 1.41 bits per heavy atom. The summed E-state index contributed by atoms with van der Waals surface area (Å²) in [6, 6.07) is 5.58. The lowest BCUT2D eigenvalue weighted by molar-refractivity contribution is 0.316. The number of phenolic OH excluding ortho intramolecular Hbond substituents is 1. The molecule has 2 N–H and O–H groups in total. The van der Waals surface area contributed by atoms with Gasteiger partial charge >= 0.3 is 0 Å². The van der Waals surface area contributed by atoms with E-state index in [4.69, 9.17) is 4.74 Å². The molecule has 0 radical (unpaired) electrons. The number of phenols is 1. The smallest absolute Gasteiger partial charge is 0.162 e. The third-order valence-corrected chi connectivity index (χ3v) is 2.42. The molecule has 3 heteroatoms. The second-order valence-electron chi connectivity index (χ2n) is 3.73. The summed E-state index contributed by atoms with van der Waals surface area (Å²) in [5, 5.41) is 13.2.